The second-order valence-corrected chi connectivity index (χ2v) is 5.26. The maximum atomic E-state index is 12.3. The molecule has 0 aliphatic rings. The predicted molar refractivity (Wildman–Crippen MR) is 88.9 cm³/mol. The van der Waals surface area contributed by atoms with Gasteiger partial charge >= 0.3 is 0 Å². The van der Waals surface area contributed by atoms with Gasteiger partial charge in [0.1, 0.15) is 12.4 Å². The maximum absolute atomic E-state index is 12.3. The van der Waals surface area contributed by atoms with Gasteiger partial charge in [0.25, 0.3) is 5.91 Å². The minimum absolute atomic E-state index is 0.223. The monoisotopic (exact) mass is 326 g/mol. The average Bonchev–Trinajstić information content (AvgIpc) is 3.08. The Hall–Kier alpha value is -2.86. The van der Waals surface area contributed by atoms with E-state index in [2.05, 4.69) is 10.5 Å². The summed E-state index contributed by atoms with van der Waals surface area (Å²) in [6, 6.07) is 13.4. The van der Waals surface area contributed by atoms with Gasteiger partial charge in [0.2, 0.25) is 0 Å². The number of carbonyl (C=O) groups is 1. The lowest BCUT2D eigenvalue weighted by molar-refractivity contribution is 0.0941. The van der Waals surface area contributed by atoms with Crippen molar-refractivity contribution in [2.45, 2.75) is 13.2 Å². The molecule has 1 aromatic heterocycles. The zero-order chi connectivity index (χ0) is 16.9. The Balaban J connectivity index is 1.80. The van der Waals surface area contributed by atoms with Gasteiger partial charge in [0, 0.05) is 25.3 Å². The van der Waals surface area contributed by atoms with E-state index in [1.165, 1.54) is 0 Å². The summed E-state index contributed by atoms with van der Waals surface area (Å²) in [5.41, 5.74) is 1.14. The van der Waals surface area contributed by atoms with Crippen LogP contribution in [0.1, 0.15) is 21.8 Å². The summed E-state index contributed by atoms with van der Waals surface area (Å²) >= 11 is 0. The molecule has 24 heavy (non-hydrogen) atoms. The van der Waals surface area contributed by atoms with E-state index in [4.69, 9.17) is 14.0 Å². The normalized spacial score (nSPS) is 10.8. The van der Waals surface area contributed by atoms with Gasteiger partial charge in [0.15, 0.2) is 11.5 Å². The lowest BCUT2D eigenvalue weighted by Gasteiger charge is -2.12. The van der Waals surface area contributed by atoms with E-state index in [-0.39, 0.29) is 18.2 Å². The number of aromatic nitrogens is 1. The zero-order valence-electron chi connectivity index (χ0n) is 13.5. The topological polar surface area (TPSA) is 73.6 Å². The molecule has 6 nitrogen and oxygen atoms in total. The Labute approximate surface area is 139 Å². The summed E-state index contributed by atoms with van der Waals surface area (Å²) in [4.78, 5) is 12.3. The third-order valence-electron chi connectivity index (χ3n) is 3.72. The van der Waals surface area contributed by atoms with Gasteiger partial charge in [-0.3, -0.25) is 4.79 Å². The number of ether oxygens (including phenoxy) is 2. The fourth-order valence-corrected chi connectivity index (χ4v) is 2.58. The minimum atomic E-state index is -0.309. The molecular formula is C18H18N2O4. The summed E-state index contributed by atoms with van der Waals surface area (Å²) in [5, 5.41) is 8.74. The van der Waals surface area contributed by atoms with E-state index in [0.29, 0.717) is 12.3 Å². The van der Waals surface area contributed by atoms with Crippen molar-refractivity contribution in [3.8, 4) is 5.75 Å². The largest absolute Gasteiger partial charge is 0.496 e. The molecule has 0 saturated carbocycles. The van der Waals surface area contributed by atoms with Crippen LogP contribution in [0.3, 0.4) is 0 Å². The van der Waals surface area contributed by atoms with Crippen molar-refractivity contribution in [2.75, 3.05) is 14.2 Å². The standard InChI is InChI=1S/C18H18N2O4/c1-22-11-13-9-16(20-24-13)18(21)19-10-15-14-6-4-3-5-12(14)7-8-17(15)23-2/h3-9H,10-11H2,1-2H3,(H,19,21). The molecule has 0 aliphatic heterocycles. The van der Waals surface area contributed by atoms with Crippen LogP contribution in [0.4, 0.5) is 0 Å². The van der Waals surface area contributed by atoms with Gasteiger partial charge < -0.3 is 19.3 Å². The number of fused-ring (bicyclic) bond motifs is 1. The Morgan fingerprint density at radius 2 is 2.04 bits per heavy atom. The smallest absolute Gasteiger partial charge is 0.273 e. The maximum Gasteiger partial charge on any atom is 0.273 e. The van der Waals surface area contributed by atoms with Gasteiger partial charge in [-0.15, -0.1) is 0 Å². The first-order valence-corrected chi connectivity index (χ1v) is 7.50. The first-order valence-electron chi connectivity index (χ1n) is 7.50. The molecule has 0 spiro atoms. The number of hydrogen-bond donors (Lipinski definition) is 1. The molecular weight excluding hydrogens is 308 g/mol. The highest BCUT2D eigenvalue weighted by Crippen LogP contribution is 2.27. The van der Waals surface area contributed by atoms with Gasteiger partial charge in [-0.05, 0) is 16.8 Å². The van der Waals surface area contributed by atoms with Crippen LogP contribution >= 0.6 is 0 Å². The second-order valence-electron chi connectivity index (χ2n) is 5.26. The third-order valence-corrected chi connectivity index (χ3v) is 3.72. The number of rotatable bonds is 6. The molecule has 1 amide bonds. The number of hydrogen-bond acceptors (Lipinski definition) is 5. The summed E-state index contributed by atoms with van der Waals surface area (Å²) < 4.78 is 15.4. The lowest BCUT2D eigenvalue weighted by Crippen LogP contribution is -2.23. The molecule has 0 bridgehead atoms. The number of amides is 1. The van der Waals surface area contributed by atoms with Gasteiger partial charge in [0.05, 0.1) is 7.11 Å². The number of carbonyl (C=O) groups excluding carboxylic acids is 1. The Morgan fingerprint density at radius 1 is 1.21 bits per heavy atom. The van der Waals surface area contributed by atoms with Crippen LogP contribution in [-0.2, 0) is 17.9 Å². The molecule has 0 unspecified atom stereocenters. The molecule has 3 rings (SSSR count). The zero-order valence-corrected chi connectivity index (χ0v) is 13.5. The summed E-state index contributed by atoms with van der Waals surface area (Å²) in [6.45, 7) is 0.604. The van der Waals surface area contributed by atoms with Gasteiger partial charge in [-0.2, -0.15) is 0 Å². The van der Waals surface area contributed by atoms with E-state index in [9.17, 15) is 4.79 Å². The van der Waals surface area contributed by atoms with Crippen molar-refractivity contribution in [2.24, 2.45) is 0 Å². The predicted octanol–water partition coefficient (Wildman–Crippen LogP) is 2.91. The fourth-order valence-electron chi connectivity index (χ4n) is 2.58. The molecule has 2 aromatic carbocycles. The molecule has 0 radical (unpaired) electrons. The molecule has 1 N–H and O–H groups in total. The van der Waals surface area contributed by atoms with Crippen molar-refractivity contribution in [1.29, 1.82) is 0 Å². The Bertz CT molecular complexity index is 857. The number of benzene rings is 2. The van der Waals surface area contributed by atoms with Gasteiger partial charge in [-0.1, -0.05) is 35.5 Å². The molecule has 0 aliphatic carbocycles. The first-order chi connectivity index (χ1) is 11.7. The van der Waals surface area contributed by atoms with E-state index >= 15 is 0 Å². The molecule has 0 fully saturated rings. The number of nitrogens with one attached hydrogen (secondary N) is 1. The highest BCUT2D eigenvalue weighted by atomic mass is 16.5. The Kier molecular flexibility index (Phi) is 4.77. The van der Waals surface area contributed by atoms with Crippen LogP contribution in [0.5, 0.6) is 5.75 Å². The summed E-state index contributed by atoms with van der Waals surface area (Å²) in [7, 11) is 3.17. The van der Waals surface area contributed by atoms with E-state index in [0.717, 1.165) is 22.1 Å². The van der Waals surface area contributed by atoms with Crippen molar-refractivity contribution in [3.63, 3.8) is 0 Å². The summed E-state index contributed by atoms with van der Waals surface area (Å²) in [6.07, 6.45) is 0. The quantitative estimate of drug-likeness (QED) is 0.754. The molecule has 124 valence electrons. The molecule has 3 aromatic rings. The second kappa shape index (κ2) is 7.14. The summed E-state index contributed by atoms with van der Waals surface area (Å²) in [5.74, 6) is 0.927. The molecule has 6 heteroatoms. The SMILES string of the molecule is COCc1cc(C(=O)NCc2c(OC)ccc3ccccc23)no1. The van der Waals surface area contributed by atoms with Crippen LogP contribution in [0, 0.1) is 0 Å². The molecule has 1 heterocycles. The molecule has 0 saturated heterocycles. The van der Waals surface area contributed by atoms with Crippen molar-refractivity contribution in [1.82, 2.24) is 10.5 Å². The number of methoxy groups -OCH3 is 2. The highest BCUT2D eigenvalue weighted by Gasteiger charge is 2.14. The Morgan fingerprint density at radius 3 is 2.83 bits per heavy atom. The van der Waals surface area contributed by atoms with E-state index in [1.807, 2.05) is 36.4 Å². The van der Waals surface area contributed by atoms with E-state index in [1.54, 1.807) is 20.3 Å². The average molecular weight is 326 g/mol. The van der Waals surface area contributed by atoms with Crippen LogP contribution in [0.15, 0.2) is 47.0 Å². The van der Waals surface area contributed by atoms with Crippen molar-refractivity contribution < 1.29 is 18.8 Å². The van der Waals surface area contributed by atoms with Crippen molar-refractivity contribution in [3.05, 3.63) is 59.5 Å². The highest BCUT2D eigenvalue weighted by molar-refractivity contribution is 5.93. The molecule has 0 atom stereocenters. The third kappa shape index (κ3) is 3.23. The minimum Gasteiger partial charge on any atom is -0.496 e. The first kappa shape index (κ1) is 16.0. The van der Waals surface area contributed by atoms with E-state index < -0.39 is 0 Å². The van der Waals surface area contributed by atoms with Crippen LogP contribution < -0.4 is 10.1 Å². The number of nitrogens with zero attached hydrogens (tertiary/aromatic N) is 1. The lowest BCUT2D eigenvalue weighted by atomic mass is 10.0. The van der Waals surface area contributed by atoms with Crippen molar-refractivity contribution >= 4 is 16.7 Å². The van der Waals surface area contributed by atoms with Crippen LogP contribution in [0.2, 0.25) is 0 Å². The fraction of sp³-hybridized carbons (Fsp3) is 0.222. The van der Waals surface area contributed by atoms with Gasteiger partial charge in [-0.25, -0.2) is 0 Å². The van der Waals surface area contributed by atoms with Crippen LogP contribution in [0.25, 0.3) is 10.8 Å². The van der Waals surface area contributed by atoms with Crippen LogP contribution in [-0.4, -0.2) is 25.3 Å².